The van der Waals surface area contributed by atoms with Crippen LogP contribution in [-0.4, -0.2) is 9.97 Å². The van der Waals surface area contributed by atoms with Gasteiger partial charge in [-0.15, -0.1) is 34.0 Å². The fourth-order valence-corrected chi connectivity index (χ4v) is 5.31. The number of benzene rings is 1. The van der Waals surface area contributed by atoms with Gasteiger partial charge in [0.05, 0.1) is 20.1 Å². The topological polar surface area (TPSA) is 25.8 Å². The number of rotatable bonds is 2. The highest BCUT2D eigenvalue weighted by atomic mass is 32.1. The van der Waals surface area contributed by atoms with E-state index in [1.165, 1.54) is 18.8 Å². The molecule has 2 nitrogen and oxygen atoms in total. The number of hydrogen-bond acceptors (Lipinski definition) is 5. The lowest BCUT2D eigenvalue weighted by Crippen LogP contribution is -1.97. The molecule has 5 aromatic rings. The van der Waals surface area contributed by atoms with Crippen LogP contribution in [0.1, 0.15) is 9.75 Å². The second kappa shape index (κ2) is 6.19. The summed E-state index contributed by atoms with van der Waals surface area (Å²) >= 11 is 5.24. The van der Waals surface area contributed by atoms with E-state index in [1.807, 2.05) is 24.3 Å². The summed E-state index contributed by atoms with van der Waals surface area (Å²) in [6.07, 6.45) is 4.43. The van der Waals surface area contributed by atoms with Crippen LogP contribution in [0, 0.1) is 0 Å². The molecule has 1 aromatic carbocycles. The first kappa shape index (κ1) is 15.0. The van der Waals surface area contributed by atoms with E-state index in [-0.39, 0.29) is 0 Å². The predicted molar refractivity (Wildman–Crippen MR) is 110 cm³/mol. The van der Waals surface area contributed by atoms with E-state index in [9.17, 15) is 0 Å². The van der Waals surface area contributed by atoms with Crippen molar-refractivity contribution < 1.29 is 0 Å². The van der Waals surface area contributed by atoms with Gasteiger partial charge in [0.2, 0.25) is 0 Å². The molecule has 5 heteroatoms. The minimum absolute atomic E-state index is 0.941. The Labute approximate surface area is 156 Å². The standard InChI is InChI=1S/C20H12N2S3/c1-2-8-16-15(7-1)21-19-17(11-13-5-3-9-23-13)25-18(20(19)22-16)12-14-6-4-10-24-14/h1-12H/b17-11-,18-12+. The summed E-state index contributed by atoms with van der Waals surface area (Å²) in [6.45, 7) is 0. The van der Waals surface area contributed by atoms with Gasteiger partial charge in [0.25, 0.3) is 0 Å². The summed E-state index contributed by atoms with van der Waals surface area (Å²) in [6, 6.07) is 16.5. The third-order valence-electron chi connectivity index (χ3n) is 3.89. The fourth-order valence-electron chi connectivity index (χ4n) is 2.76. The molecule has 0 saturated heterocycles. The Morgan fingerprint density at radius 2 is 1.16 bits per heavy atom. The van der Waals surface area contributed by atoms with Crippen molar-refractivity contribution in [1.82, 2.24) is 9.97 Å². The van der Waals surface area contributed by atoms with Crippen LogP contribution in [0.25, 0.3) is 34.2 Å². The lowest BCUT2D eigenvalue weighted by atomic mass is 10.2. The van der Waals surface area contributed by atoms with Gasteiger partial charge in [0.1, 0.15) is 11.0 Å². The first-order valence-electron chi connectivity index (χ1n) is 7.83. The van der Waals surface area contributed by atoms with E-state index in [1.54, 1.807) is 34.0 Å². The smallest absolute Gasteiger partial charge is 0.108 e. The van der Waals surface area contributed by atoms with E-state index >= 15 is 0 Å². The average molecular weight is 377 g/mol. The monoisotopic (exact) mass is 376 g/mol. The molecule has 0 unspecified atom stereocenters. The van der Waals surface area contributed by atoms with Crippen LogP contribution in [-0.2, 0) is 0 Å². The van der Waals surface area contributed by atoms with Crippen LogP contribution < -0.4 is 9.06 Å². The van der Waals surface area contributed by atoms with Gasteiger partial charge < -0.3 is 0 Å². The van der Waals surface area contributed by atoms with Crippen LogP contribution >= 0.6 is 34.0 Å². The van der Waals surface area contributed by atoms with Crippen LogP contribution in [0.3, 0.4) is 0 Å². The molecule has 0 amide bonds. The number of fused-ring (bicyclic) bond motifs is 2. The van der Waals surface area contributed by atoms with Gasteiger partial charge in [0.15, 0.2) is 0 Å². The molecular weight excluding hydrogens is 364 g/mol. The summed E-state index contributed by atoms with van der Waals surface area (Å²) < 4.78 is 2.33. The second-order valence-electron chi connectivity index (χ2n) is 5.56. The molecule has 0 radical (unpaired) electrons. The molecule has 0 fully saturated rings. The van der Waals surface area contributed by atoms with Crippen molar-refractivity contribution in [1.29, 1.82) is 0 Å². The van der Waals surface area contributed by atoms with Crippen molar-refractivity contribution in [2.45, 2.75) is 0 Å². The van der Waals surface area contributed by atoms with Gasteiger partial charge in [-0.1, -0.05) is 24.3 Å². The Morgan fingerprint density at radius 1 is 0.640 bits per heavy atom. The third-order valence-corrected chi connectivity index (χ3v) is 6.59. The summed E-state index contributed by atoms with van der Waals surface area (Å²) in [5.74, 6) is 0. The number of para-hydroxylation sites is 2. The minimum atomic E-state index is 0.941. The molecule has 4 aromatic heterocycles. The highest BCUT2D eigenvalue weighted by Crippen LogP contribution is 2.16. The quantitative estimate of drug-likeness (QED) is 0.449. The van der Waals surface area contributed by atoms with Gasteiger partial charge in [-0.05, 0) is 47.2 Å². The van der Waals surface area contributed by atoms with Crippen molar-refractivity contribution in [3.8, 4) is 0 Å². The lowest BCUT2D eigenvalue weighted by molar-refractivity contribution is 1.40. The Hall–Kier alpha value is -2.34. The Kier molecular flexibility index (Phi) is 3.70. The van der Waals surface area contributed by atoms with Gasteiger partial charge in [-0.2, -0.15) is 0 Å². The van der Waals surface area contributed by atoms with Gasteiger partial charge >= 0.3 is 0 Å². The zero-order valence-electron chi connectivity index (χ0n) is 13.0. The molecule has 0 saturated carbocycles. The zero-order valence-corrected chi connectivity index (χ0v) is 15.5. The van der Waals surface area contributed by atoms with Crippen LogP contribution in [0.4, 0.5) is 0 Å². The van der Waals surface area contributed by atoms with E-state index in [4.69, 9.17) is 9.97 Å². The predicted octanol–water partition coefficient (Wildman–Crippen LogP) is 4.63. The Morgan fingerprint density at radius 3 is 1.60 bits per heavy atom. The van der Waals surface area contributed by atoms with Crippen molar-refractivity contribution in [2.75, 3.05) is 0 Å². The minimum Gasteiger partial charge on any atom is -0.243 e. The summed E-state index contributed by atoms with van der Waals surface area (Å²) in [7, 11) is 0. The number of aromatic nitrogens is 2. The molecule has 4 heterocycles. The largest absolute Gasteiger partial charge is 0.243 e. The van der Waals surface area contributed by atoms with Gasteiger partial charge in [-0.3, -0.25) is 0 Å². The van der Waals surface area contributed by atoms with Gasteiger partial charge in [-0.25, -0.2) is 9.97 Å². The summed E-state index contributed by atoms with van der Waals surface area (Å²) in [5, 5.41) is 4.20. The van der Waals surface area contributed by atoms with E-state index < -0.39 is 0 Å². The van der Waals surface area contributed by atoms with Crippen LogP contribution in [0.15, 0.2) is 59.3 Å². The lowest BCUT2D eigenvalue weighted by Gasteiger charge is -1.96. The average Bonchev–Trinajstić information content (AvgIpc) is 3.38. The summed E-state index contributed by atoms with van der Waals surface area (Å²) in [4.78, 5) is 12.3. The maximum Gasteiger partial charge on any atom is 0.108 e. The fraction of sp³-hybridized carbons (Fsp3) is 0. The molecule has 0 aliphatic carbocycles. The highest BCUT2D eigenvalue weighted by molar-refractivity contribution is 7.12. The third kappa shape index (κ3) is 2.80. The van der Waals surface area contributed by atoms with Crippen molar-refractivity contribution in [3.63, 3.8) is 0 Å². The molecule has 0 N–H and O–H groups in total. The molecule has 0 aliphatic heterocycles. The maximum absolute atomic E-state index is 4.91. The van der Waals surface area contributed by atoms with Crippen molar-refractivity contribution >= 4 is 68.2 Å². The Balaban J connectivity index is 1.89. The molecular formula is C20H12N2S3. The second-order valence-corrected chi connectivity index (χ2v) is 8.60. The summed E-state index contributed by atoms with van der Waals surface area (Å²) in [5.41, 5.74) is 3.85. The Bertz CT molecular complexity index is 1180. The first-order chi connectivity index (χ1) is 12.4. The van der Waals surface area contributed by atoms with Crippen LogP contribution in [0.2, 0.25) is 0 Å². The molecule has 0 atom stereocenters. The molecule has 120 valence electrons. The van der Waals surface area contributed by atoms with E-state index in [0.29, 0.717) is 0 Å². The molecule has 5 rings (SSSR count). The number of hydrogen-bond donors (Lipinski definition) is 0. The highest BCUT2D eigenvalue weighted by Gasteiger charge is 2.08. The maximum atomic E-state index is 4.91. The molecule has 0 spiro atoms. The van der Waals surface area contributed by atoms with E-state index in [2.05, 4.69) is 47.2 Å². The molecule has 0 bridgehead atoms. The molecule has 25 heavy (non-hydrogen) atoms. The SMILES string of the molecule is C(/c1cccs1)=c1/s/c(=C/c2cccs2)c2nc3ccccc3nc12. The molecule has 0 aliphatic rings. The van der Waals surface area contributed by atoms with Gasteiger partial charge in [0, 0.05) is 9.75 Å². The normalized spacial score (nSPS) is 13.3. The van der Waals surface area contributed by atoms with E-state index in [0.717, 1.165) is 22.1 Å². The van der Waals surface area contributed by atoms with Crippen LogP contribution in [0.5, 0.6) is 0 Å². The first-order valence-corrected chi connectivity index (χ1v) is 10.4. The number of nitrogens with zero attached hydrogens (tertiary/aromatic N) is 2. The van der Waals surface area contributed by atoms with Crippen molar-refractivity contribution in [3.05, 3.63) is 78.1 Å². The number of thiophene rings is 3. The zero-order chi connectivity index (χ0) is 16.6. The van der Waals surface area contributed by atoms with Crippen molar-refractivity contribution in [2.24, 2.45) is 0 Å².